The first-order valence-corrected chi connectivity index (χ1v) is 10.4. The number of aryl methyl sites for hydroxylation is 1. The fourth-order valence-electron chi connectivity index (χ4n) is 3.43. The Balaban J connectivity index is 1.76. The monoisotopic (exact) mass is 466 g/mol. The minimum absolute atomic E-state index is 0.0219. The average Bonchev–Trinajstić information content (AvgIpc) is 2.85. The van der Waals surface area contributed by atoms with Crippen molar-refractivity contribution in [1.29, 1.82) is 5.26 Å². The highest BCUT2D eigenvalue weighted by Gasteiger charge is 2.19. The molecule has 1 amide bonds. The van der Waals surface area contributed by atoms with Gasteiger partial charge in [0.1, 0.15) is 11.9 Å². The standard InChI is InChI=1S/C26H19FN6O2/c1-3-22(34)33-19-7-4-16(5-8-19)23-18(13-28)14-31-25(29)24(23)17-6-9-21(20(27)12-17)35-26-30-11-10-15(2)32-26/h3-12,14H,1H2,2H3,(H2,29,31)(H,33,34). The minimum atomic E-state index is -0.664. The second kappa shape index (κ2) is 9.80. The predicted molar refractivity (Wildman–Crippen MR) is 130 cm³/mol. The number of hydrogen-bond donors (Lipinski definition) is 2. The van der Waals surface area contributed by atoms with Gasteiger partial charge in [0.25, 0.3) is 0 Å². The number of benzene rings is 2. The molecule has 0 radical (unpaired) electrons. The van der Waals surface area contributed by atoms with Gasteiger partial charge in [0, 0.05) is 34.9 Å². The number of ether oxygens (including phenoxy) is 1. The molecule has 0 atom stereocenters. The molecule has 0 saturated heterocycles. The maximum Gasteiger partial charge on any atom is 0.322 e. The third kappa shape index (κ3) is 4.96. The van der Waals surface area contributed by atoms with Crippen LogP contribution in [-0.4, -0.2) is 20.9 Å². The number of nitrogen functional groups attached to an aromatic ring is 1. The van der Waals surface area contributed by atoms with Crippen LogP contribution in [0.5, 0.6) is 11.8 Å². The molecule has 0 saturated carbocycles. The molecular formula is C26H19FN6O2. The van der Waals surface area contributed by atoms with Gasteiger partial charge in [-0.2, -0.15) is 5.26 Å². The lowest BCUT2D eigenvalue weighted by Crippen LogP contribution is -2.07. The van der Waals surface area contributed by atoms with Gasteiger partial charge < -0.3 is 15.8 Å². The number of carbonyl (C=O) groups is 1. The number of halogens is 1. The van der Waals surface area contributed by atoms with Crippen molar-refractivity contribution in [2.75, 3.05) is 11.1 Å². The molecule has 3 N–H and O–H groups in total. The first-order valence-electron chi connectivity index (χ1n) is 10.4. The normalized spacial score (nSPS) is 10.3. The third-order valence-corrected chi connectivity index (χ3v) is 5.05. The highest BCUT2D eigenvalue weighted by Crippen LogP contribution is 2.39. The maximum atomic E-state index is 15.0. The van der Waals surface area contributed by atoms with Crippen LogP contribution < -0.4 is 15.8 Å². The molecule has 172 valence electrons. The summed E-state index contributed by atoms with van der Waals surface area (Å²) in [5.41, 5.74) is 9.59. The summed E-state index contributed by atoms with van der Waals surface area (Å²) in [5, 5.41) is 12.4. The number of nitriles is 1. The number of anilines is 2. The van der Waals surface area contributed by atoms with Crippen molar-refractivity contribution in [1.82, 2.24) is 15.0 Å². The number of rotatable bonds is 6. The summed E-state index contributed by atoms with van der Waals surface area (Å²) < 4.78 is 20.5. The van der Waals surface area contributed by atoms with E-state index in [0.717, 1.165) is 6.08 Å². The van der Waals surface area contributed by atoms with Crippen LogP contribution >= 0.6 is 0 Å². The van der Waals surface area contributed by atoms with E-state index in [1.165, 1.54) is 24.5 Å². The van der Waals surface area contributed by atoms with Crippen molar-refractivity contribution in [2.45, 2.75) is 6.92 Å². The quantitative estimate of drug-likeness (QED) is 0.382. The molecule has 0 aliphatic rings. The van der Waals surface area contributed by atoms with Crippen molar-refractivity contribution in [3.8, 4) is 40.1 Å². The lowest BCUT2D eigenvalue weighted by Gasteiger charge is -2.15. The molecule has 2 heterocycles. The van der Waals surface area contributed by atoms with Gasteiger partial charge in [0.05, 0.1) is 5.56 Å². The van der Waals surface area contributed by atoms with E-state index in [0.29, 0.717) is 33.6 Å². The predicted octanol–water partition coefficient (Wildman–Crippen LogP) is 5.02. The second-order valence-electron chi connectivity index (χ2n) is 7.42. The Labute approximate surface area is 200 Å². The number of hydrogen-bond acceptors (Lipinski definition) is 7. The van der Waals surface area contributed by atoms with Gasteiger partial charge in [-0.05, 0) is 54.5 Å². The van der Waals surface area contributed by atoms with E-state index in [2.05, 4.69) is 32.9 Å². The van der Waals surface area contributed by atoms with E-state index in [1.54, 1.807) is 43.3 Å². The topological polar surface area (TPSA) is 127 Å². The van der Waals surface area contributed by atoms with Gasteiger partial charge in [0.2, 0.25) is 5.91 Å². The highest BCUT2D eigenvalue weighted by atomic mass is 19.1. The SMILES string of the molecule is C=CC(=O)Nc1ccc(-c2c(C#N)cnc(N)c2-c2ccc(Oc3nccc(C)n3)c(F)c2)cc1. The van der Waals surface area contributed by atoms with Crippen molar-refractivity contribution >= 4 is 17.4 Å². The van der Waals surface area contributed by atoms with Crippen LogP contribution in [-0.2, 0) is 4.79 Å². The smallest absolute Gasteiger partial charge is 0.322 e. The van der Waals surface area contributed by atoms with Crippen molar-refractivity contribution in [3.05, 3.63) is 90.7 Å². The summed E-state index contributed by atoms with van der Waals surface area (Å²) in [7, 11) is 0. The van der Waals surface area contributed by atoms with Gasteiger partial charge in [-0.1, -0.05) is 24.8 Å². The summed E-state index contributed by atoms with van der Waals surface area (Å²) in [6, 6.07) is 14.9. The van der Waals surface area contributed by atoms with Gasteiger partial charge in [-0.15, -0.1) is 0 Å². The Bertz CT molecular complexity index is 1480. The second-order valence-corrected chi connectivity index (χ2v) is 7.42. The molecule has 0 aliphatic carbocycles. The van der Waals surface area contributed by atoms with Crippen LogP contribution in [0.2, 0.25) is 0 Å². The molecule has 35 heavy (non-hydrogen) atoms. The van der Waals surface area contributed by atoms with E-state index in [4.69, 9.17) is 10.5 Å². The minimum Gasteiger partial charge on any atom is -0.421 e. The Kier molecular flexibility index (Phi) is 6.46. The molecule has 0 aliphatic heterocycles. The molecule has 0 unspecified atom stereocenters. The highest BCUT2D eigenvalue weighted by molar-refractivity contribution is 5.99. The molecule has 4 aromatic rings. The zero-order chi connectivity index (χ0) is 24.9. The Morgan fingerprint density at radius 1 is 1.14 bits per heavy atom. The summed E-state index contributed by atoms with van der Waals surface area (Å²) in [6.07, 6.45) is 4.05. The van der Waals surface area contributed by atoms with Gasteiger partial charge in [-0.25, -0.2) is 19.3 Å². The van der Waals surface area contributed by atoms with Crippen LogP contribution in [0.1, 0.15) is 11.3 Å². The summed E-state index contributed by atoms with van der Waals surface area (Å²) in [6.45, 7) is 5.20. The van der Waals surface area contributed by atoms with Gasteiger partial charge >= 0.3 is 6.01 Å². The number of carbonyl (C=O) groups excluding carboxylic acids is 1. The lowest BCUT2D eigenvalue weighted by atomic mass is 9.92. The first kappa shape index (κ1) is 23.1. The zero-order valence-corrected chi connectivity index (χ0v) is 18.6. The van der Waals surface area contributed by atoms with Crippen LogP contribution in [0.3, 0.4) is 0 Å². The molecule has 0 fully saturated rings. The fourth-order valence-corrected chi connectivity index (χ4v) is 3.43. The van der Waals surface area contributed by atoms with E-state index in [9.17, 15) is 10.1 Å². The molecule has 9 heteroatoms. The van der Waals surface area contributed by atoms with Crippen molar-refractivity contribution in [2.24, 2.45) is 0 Å². The van der Waals surface area contributed by atoms with Crippen LogP contribution in [0.15, 0.2) is 73.6 Å². The van der Waals surface area contributed by atoms with Crippen LogP contribution in [0, 0.1) is 24.1 Å². The maximum absolute atomic E-state index is 15.0. The van der Waals surface area contributed by atoms with Gasteiger partial charge in [-0.3, -0.25) is 4.79 Å². The fraction of sp³-hybridized carbons (Fsp3) is 0.0385. The number of amides is 1. The molecule has 0 spiro atoms. The van der Waals surface area contributed by atoms with Crippen LogP contribution in [0.4, 0.5) is 15.9 Å². The molecular weight excluding hydrogens is 447 g/mol. The number of aromatic nitrogens is 3. The molecule has 0 bridgehead atoms. The molecule has 4 rings (SSSR count). The van der Waals surface area contributed by atoms with Crippen molar-refractivity contribution < 1.29 is 13.9 Å². The number of nitrogens with two attached hydrogens (primary N) is 1. The number of nitrogens with one attached hydrogen (secondary N) is 1. The molecule has 2 aromatic heterocycles. The van der Waals surface area contributed by atoms with Crippen LogP contribution in [0.25, 0.3) is 22.3 Å². The van der Waals surface area contributed by atoms with E-state index >= 15 is 4.39 Å². The van der Waals surface area contributed by atoms with Gasteiger partial charge in [0.15, 0.2) is 11.6 Å². The molecule has 2 aromatic carbocycles. The third-order valence-electron chi connectivity index (χ3n) is 5.05. The Hall–Kier alpha value is -5.10. The number of pyridine rings is 1. The van der Waals surface area contributed by atoms with E-state index < -0.39 is 5.82 Å². The van der Waals surface area contributed by atoms with E-state index in [1.807, 2.05) is 0 Å². The first-order chi connectivity index (χ1) is 16.9. The summed E-state index contributed by atoms with van der Waals surface area (Å²) in [5.74, 6) is -0.953. The largest absolute Gasteiger partial charge is 0.421 e. The Morgan fingerprint density at radius 3 is 2.54 bits per heavy atom. The Morgan fingerprint density at radius 2 is 1.89 bits per heavy atom. The number of nitrogens with zero attached hydrogens (tertiary/aromatic N) is 4. The molecule has 8 nitrogen and oxygen atoms in total. The summed E-state index contributed by atoms with van der Waals surface area (Å²) >= 11 is 0. The zero-order valence-electron chi connectivity index (χ0n) is 18.6. The lowest BCUT2D eigenvalue weighted by molar-refractivity contribution is -0.111. The van der Waals surface area contributed by atoms with Crippen molar-refractivity contribution in [3.63, 3.8) is 0 Å². The average molecular weight is 466 g/mol. The van der Waals surface area contributed by atoms with E-state index in [-0.39, 0.29) is 29.0 Å². The summed E-state index contributed by atoms with van der Waals surface area (Å²) in [4.78, 5) is 23.8.